The van der Waals surface area contributed by atoms with Gasteiger partial charge in [0.05, 0.1) is 17.2 Å². The molecule has 2 rings (SSSR count). The lowest BCUT2D eigenvalue weighted by atomic mass is 10.2. The number of benzene rings is 2. The molecule has 0 aliphatic rings. The lowest BCUT2D eigenvalue weighted by molar-refractivity contribution is -0.274. The van der Waals surface area contributed by atoms with Crippen molar-refractivity contribution in [3.63, 3.8) is 0 Å². The molecule has 166 valence electrons. The van der Waals surface area contributed by atoms with E-state index in [4.69, 9.17) is 0 Å². The first-order chi connectivity index (χ1) is 13.7. The summed E-state index contributed by atoms with van der Waals surface area (Å²) in [6.45, 7) is 2.33. The van der Waals surface area contributed by atoms with Gasteiger partial charge >= 0.3 is 6.36 Å². The Morgan fingerprint density at radius 3 is 2.30 bits per heavy atom. The van der Waals surface area contributed by atoms with E-state index in [1.807, 2.05) is 6.92 Å². The Morgan fingerprint density at radius 2 is 1.67 bits per heavy atom. The largest absolute Gasteiger partial charge is 0.573 e. The molecule has 0 aliphatic carbocycles. The standard InChI is InChI=1S/C19H22F3N3O3S.HI/c1-2-23-18(24-12-13-29(26,27)16-9-4-3-5-10-16)25-14-15-8-6-7-11-17(15)28-19(20,21)22;/h3-11H,2,12-14H2,1H3,(H2,23,24,25);1H. The van der Waals surface area contributed by atoms with Crippen LogP contribution in [0, 0.1) is 0 Å². The first-order valence-electron chi connectivity index (χ1n) is 8.85. The summed E-state index contributed by atoms with van der Waals surface area (Å²) in [4.78, 5) is 4.44. The second-order valence-corrected chi connectivity index (χ2v) is 8.02. The molecule has 0 saturated heterocycles. The maximum atomic E-state index is 12.5. The van der Waals surface area contributed by atoms with E-state index < -0.39 is 16.2 Å². The number of nitrogens with zero attached hydrogens (tertiary/aromatic N) is 1. The van der Waals surface area contributed by atoms with Crippen LogP contribution in [0.5, 0.6) is 5.75 Å². The van der Waals surface area contributed by atoms with Gasteiger partial charge < -0.3 is 15.4 Å². The number of halogens is 4. The molecule has 2 aromatic rings. The quantitative estimate of drug-likeness (QED) is 0.294. The third kappa shape index (κ3) is 8.78. The van der Waals surface area contributed by atoms with Crippen LogP contribution in [-0.2, 0) is 16.4 Å². The smallest absolute Gasteiger partial charge is 0.405 e. The van der Waals surface area contributed by atoms with Crippen molar-refractivity contribution in [2.45, 2.75) is 24.7 Å². The second kappa shape index (κ2) is 12.0. The van der Waals surface area contributed by atoms with Crippen LogP contribution < -0.4 is 15.4 Å². The Labute approximate surface area is 190 Å². The molecule has 0 spiro atoms. The Hall–Kier alpha value is -2.02. The van der Waals surface area contributed by atoms with Crippen molar-refractivity contribution >= 4 is 39.8 Å². The Bertz CT molecular complexity index is 923. The summed E-state index contributed by atoms with van der Waals surface area (Å²) >= 11 is 0. The van der Waals surface area contributed by atoms with Crippen LogP contribution in [0.3, 0.4) is 0 Å². The number of aliphatic imine (C=N–C) groups is 1. The number of para-hydroxylation sites is 1. The zero-order chi connectivity index (χ0) is 21.3. The minimum atomic E-state index is -4.80. The molecule has 0 bridgehead atoms. The highest BCUT2D eigenvalue weighted by Gasteiger charge is 2.31. The minimum absolute atomic E-state index is 0. The van der Waals surface area contributed by atoms with Gasteiger partial charge in [-0.05, 0) is 25.1 Å². The zero-order valence-corrected chi connectivity index (χ0v) is 19.3. The van der Waals surface area contributed by atoms with E-state index in [1.54, 1.807) is 24.3 Å². The summed E-state index contributed by atoms with van der Waals surface area (Å²) in [7, 11) is -3.46. The summed E-state index contributed by atoms with van der Waals surface area (Å²) < 4.78 is 66.2. The van der Waals surface area contributed by atoms with E-state index in [2.05, 4.69) is 20.4 Å². The predicted molar refractivity (Wildman–Crippen MR) is 120 cm³/mol. The molecular weight excluding hydrogens is 534 g/mol. The first kappa shape index (κ1) is 26.0. The number of hydrogen-bond acceptors (Lipinski definition) is 4. The van der Waals surface area contributed by atoms with Crippen molar-refractivity contribution in [1.29, 1.82) is 0 Å². The summed E-state index contributed by atoms with van der Waals surface area (Å²) in [6, 6.07) is 13.8. The van der Waals surface area contributed by atoms with Crippen molar-refractivity contribution in [3.8, 4) is 5.75 Å². The van der Waals surface area contributed by atoms with Crippen molar-refractivity contribution < 1.29 is 26.3 Å². The highest BCUT2D eigenvalue weighted by atomic mass is 127. The normalized spacial score (nSPS) is 12.1. The van der Waals surface area contributed by atoms with Gasteiger partial charge in [-0.25, -0.2) is 13.4 Å². The van der Waals surface area contributed by atoms with Crippen LogP contribution in [0.15, 0.2) is 64.5 Å². The number of nitrogens with one attached hydrogen (secondary N) is 2. The average molecular weight is 557 g/mol. The van der Waals surface area contributed by atoms with E-state index in [0.717, 1.165) is 0 Å². The zero-order valence-electron chi connectivity index (χ0n) is 16.1. The first-order valence-corrected chi connectivity index (χ1v) is 10.5. The van der Waals surface area contributed by atoms with Crippen LogP contribution in [0.4, 0.5) is 13.2 Å². The van der Waals surface area contributed by atoms with Crippen LogP contribution in [0.1, 0.15) is 12.5 Å². The lowest BCUT2D eigenvalue weighted by Crippen LogP contribution is -2.39. The number of hydrogen-bond donors (Lipinski definition) is 2. The summed E-state index contributed by atoms with van der Waals surface area (Å²) in [5.41, 5.74) is 0.249. The fourth-order valence-electron chi connectivity index (χ4n) is 2.41. The van der Waals surface area contributed by atoms with Gasteiger partial charge in [0, 0.05) is 18.7 Å². The molecule has 0 unspecified atom stereocenters. The predicted octanol–water partition coefficient (Wildman–Crippen LogP) is 3.73. The second-order valence-electron chi connectivity index (χ2n) is 5.91. The van der Waals surface area contributed by atoms with Crippen molar-refractivity contribution in [2.75, 3.05) is 18.8 Å². The topological polar surface area (TPSA) is 79.8 Å². The Kier molecular flexibility index (Phi) is 10.4. The van der Waals surface area contributed by atoms with E-state index >= 15 is 0 Å². The van der Waals surface area contributed by atoms with Gasteiger partial charge in [0.1, 0.15) is 5.75 Å². The summed E-state index contributed by atoms with van der Waals surface area (Å²) in [6.07, 6.45) is -4.80. The maximum Gasteiger partial charge on any atom is 0.573 e. The number of sulfone groups is 1. The lowest BCUT2D eigenvalue weighted by Gasteiger charge is -2.14. The third-order valence-corrected chi connectivity index (χ3v) is 5.45. The van der Waals surface area contributed by atoms with Gasteiger partial charge in [-0.15, -0.1) is 37.1 Å². The summed E-state index contributed by atoms with van der Waals surface area (Å²) in [5.74, 6) is -0.196. The molecule has 6 nitrogen and oxygen atoms in total. The van der Waals surface area contributed by atoms with Gasteiger partial charge in [0.25, 0.3) is 0 Å². The molecule has 0 radical (unpaired) electrons. The van der Waals surface area contributed by atoms with Crippen molar-refractivity contribution in [2.24, 2.45) is 4.99 Å². The molecule has 0 heterocycles. The van der Waals surface area contributed by atoms with Crippen LogP contribution >= 0.6 is 24.0 Å². The molecule has 0 aromatic heterocycles. The summed E-state index contributed by atoms with van der Waals surface area (Å²) in [5, 5.41) is 5.81. The van der Waals surface area contributed by atoms with Crippen LogP contribution in [-0.4, -0.2) is 39.6 Å². The SMILES string of the molecule is CCNC(=NCc1ccccc1OC(F)(F)F)NCCS(=O)(=O)c1ccccc1.I. The van der Waals surface area contributed by atoms with Gasteiger partial charge in [-0.1, -0.05) is 36.4 Å². The Morgan fingerprint density at radius 1 is 1.03 bits per heavy atom. The molecule has 0 atom stereocenters. The molecule has 0 saturated carbocycles. The molecule has 2 aromatic carbocycles. The molecule has 0 aliphatic heterocycles. The van der Waals surface area contributed by atoms with E-state index in [1.165, 1.54) is 30.3 Å². The van der Waals surface area contributed by atoms with Gasteiger partial charge in [-0.2, -0.15) is 0 Å². The van der Waals surface area contributed by atoms with Crippen molar-refractivity contribution in [3.05, 3.63) is 60.2 Å². The molecule has 2 N–H and O–H groups in total. The maximum absolute atomic E-state index is 12.5. The number of guanidine groups is 1. The molecule has 11 heteroatoms. The number of ether oxygens (including phenoxy) is 1. The molecule has 0 fully saturated rings. The highest BCUT2D eigenvalue weighted by Crippen LogP contribution is 2.26. The fourth-order valence-corrected chi connectivity index (χ4v) is 3.59. The van der Waals surface area contributed by atoms with E-state index in [-0.39, 0.29) is 65.0 Å². The monoisotopic (exact) mass is 557 g/mol. The molecular formula is C19H23F3IN3O3S. The fraction of sp³-hybridized carbons (Fsp3) is 0.316. The number of alkyl halides is 3. The minimum Gasteiger partial charge on any atom is -0.405 e. The van der Waals surface area contributed by atoms with Crippen molar-refractivity contribution in [1.82, 2.24) is 10.6 Å². The van der Waals surface area contributed by atoms with Crippen LogP contribution in [0.25, 0.3) is 0 Å². The van der Waals surface area contributed by atoms with Gasteiger partial charge in [0.2, 0.25) is 0 Å². The van der Waals surface area contributed by atoms with Gasteiger partial charge in [0.15, 0.2) is 15.8 Å². The highest BCUT2D eigenvalue weighted by molar-refractivity contribution is 14.0. The van der Waals surface area contributed by atoms with E-state index in [9.17, 15) is 21.6 Å². The third-order valence-electron chi connectivity index (χ3n) is 3.72. The average Bonchev–Trinajstić information content (AvgIpc) is 2.66. The molecule has 0 amide bonds. The van der Waals surface area contributed by atoms with Gasteiger partial charge in [-0.3, -0.25) is 0 Å². The molecule has 30 heavy (non-hydrogen) atoms. The Balaban J connectivity index is 0.00000450. The number of rotatable bonds is 8. The van der Waals surface area contributed by atoms with E-state index in [0.29, 0.717) is 6.54 Å². The van der Waals surface area contributed by atoms with Crippen LogP contribution in [0.2, 0.25) is 0 Å².